The standard InChI is InChI=1S/C11H16ClN3O.ClH/c1-15-7-8(12)5-10(15)11(16)14-9-3-2-4-13-6-9;/h5,7,9,13H,2-4,6H2,1H3,(H,14,16);1H/t9-;/m0./s1. The lowest BCUT2D eigenvalue weighted by Gasteiger charge is -2.23. The number of hydrogen-bond donors (Lipinski definition) is 2. The van der Waals surface area contributed by atoms with Gasteiger partial charge < -0.3 is 15.2 Å². The molecule has 0 aliphatic carbocycles. The second kappa shape index (κ2) is 6.28. The number of aryl methyl sites for hydroxylation is 1. The third kappa shape index (κ3) is 3.63. The first-order valence-electron chi connectivity index (χ1n) is 5.50. The Kier molecular flexibility index (Phi) is 5.31. The SMILES string of the molecule is Cl.Cn1cc(Cl)cc1C(=O)N[C@H]1CCCNC1. The molecule has 0 radical (unpaired) electrons. The van der Waals surface area contributed by atoms with Crippen molar-refractivity contribution in [3.63, 3.8) is 0 Å². The number of amides is 1. The van der Waals surface area contributed by atoms with E-state index in [1.54, 1.807) is 16.8 Å². The predicted octanol–water partition coefficient (Wildman–Crippen LogP) is 1.58. The van der Waals surface area contributed by atoms with Crippen LogP contribution in [0.4, 0.5) is 0 Å². The monoisotopic (exact) mass is 277 g/mol. The van der Waals surface area contributed by atoms with E-state index in [-0.39, 0.29) is 24.4 Å². The molecular formula is C11H17Cl2N3O. The van der Waals surface area contributed by atoms with Crippen LogP contribution >= 0.6 is 24.0 Å². The summed E-state index contributed by atoms with van der Waals surface area (Å²) in [5.74, 6) is -0.0527. The molecule has 0 saturated carbocycles. The molecule has 1 fully saturated rings. The zero-order valence-corrected chi connectivity index (χ0v) is 11.3. The Morgan fingerprint density at radius 1 is 1.65 bits per heavy atom. The summed E-state index contributed by atoms with van der Waals surface area (Å²) in [5.41, 5.74) is 0.607. The Balaban J connectivity index is 0.00000144. The topological polar surface area (TPSA) is 46.1 Å². The van der Waals surface area contributed by atoms with E-state index in [2.05, 4.69) is 10.6 Å². The normalized spacial score (nSPS) is 19.5. The van der Waals surface area contributed by atoms with Crippen LogP contribution in [0, 0.1) is 0 Å². The van der Waals surface area contributed by atoms with Crippen LogP contribution in [0.15, 0.2) is 12.3 Å². The first-order valence-corrected chi connectivity index (χ1v) is 5.88. The Hall–Kier alpha value is -0.710. The molecule has 1 amide bonds. The van der Waals surface area contributed by atoms with Crippen LogP contribution in [-0.4, -0.2) is 29.6 Å². The second-order valence-corrected chi connectivity index (χ2v) is 4.61. The van der Waals surface area contributed by atoms with Gasteiger partial charge in [0.15, 0.2) is 0 Å². The average molecular weight is 278 g/mol. The van der Waals surface area contributed by atoms with Crippen LogP contribution in [0.3, 0.4) is 0 Å². The molecule has 0 spiro atoms. The summed E-state index contributed by atoms with van der Waals surface area (Å²) in [6.07, 6.45) is 3.88. The van der Waals surface area contributed by atoms with Crippen molar-refractivity contribution >= 4 is 29.9 Å². The summed E-state index contributed by atoms with van der Waals surface area (Å²) in [6.45, 7) is 1.90. The molecule has 0 bridgehead atoms. The van der Waals surface area contributed by atoms with E-state index in [9.17, 15) is 4.79 Å². The van der Waals surface area contributed by atoms with Crippen LogP contribution in [0.1, 0.15) is 23.3 Å². The van der Waals surface area contributed by atoms with Crippen molar-refractivity contribution in [1.82, 2.24) is 15.2 Å². The maximum atomic E-state index is 11.9. The van der Waals surface area contributed by atoms with Crippen LogP contribution in [0.25, 0.3) is 0 Å². The lowest BCUT2D eigenvalue weighted by Crippen LogP contribution is -2.45. The molecule has 1 aromatic heterocycles. The zero-order valence-electron chi connectivity index (χ0n) is 9.70. The maximum Gasteiger partial charge on any atom is 0.268 e. The minimum atomic E-state index is -0.0527. The highest BCUT2D eigenvalue weighted by molar-refractivity contribution is 6.31. The highest BCUT2D eigenvalue weighted by atomic mass is 35.5. The summed E-state index contributed by atoms with van der Waals surface area (Å²) in [4.78, 5) is 11.9. The fourth-order valence-electron chi connectivity index (χ4n) is 1.98. The third-order valence-electron chi connectivity index (χ3n) is 2.84. The molecule has 0 unspecified atom stereocenters. The Morgan fingerprint density at radius 3 is 2.94 bits per heavy atom. The minimum absolute atomic E-state index is 0. The number of carbonyl (C=O) groups is 1. The zero-order chi connectivity index (χ0) is 11.5. The average Bonchev–Trinajstić information content (AvgIpc) is 2.59. The van der Waals surface area contributed by atoms with E-state index in [4.69, 9.17) is 11.6 Å². The van der Waals surface area contributed by atoms with E-state index in [1.165, 1.54) is 0 Å². The Morgan fingerprint density at radius 2 is 2.41 bits per heavy atom. The maximum absolute atomic E-state index is 11.9. The van der Waals surface area contributed by atoms with E-state index < -0.39 is 0 Å². The van der Waals surface area contributed by atoms with Crippen LogP contribution in [0.2, 0.25) is 5.02 Å². The molecule has 1 aliphatic rings. The molecule has 1 atom stereocenters. The predicted molar refractivity (Wildman–Crippen MR) is 71.0 cm³/mol. The molecule has 2 N–H and O–H groups in total. The van der Waals surface area contributed by atoms with Crippen LogP contribution < -0.4 is 10.6 Å². The van der Waals surface area contributed by atoms with Gasteiger partial charge in [-0.1, -0.05) is 11.6 Å². The molecule has 4 nitrogen and oxygen atoms in total. The van der Waals surface area contributed by atoms with Gasteiger partial charge in [-0.2, -0.15) is 0 Å². The smallest absolute Gasteiger partial charge is 0.268 e. The van der Waals surface area contributed by atoms with Gasteiger partial charge >= 0.3 is 0 Å². The lowest BCUT2D eigenvalue weighted by atomic mass is 10.1. The van der Waals surface area contributed by atoms with Crippen LogP contribution in [0.5, 0.6) is 0 Å². The van der Waals surface area contributed by atoms with Gasteiger partial charge in [0.2, 0.25) is 0 Å². The highest BCUT2D eigenvalue weighted by Gasteiger charge is 2.18. The molecule has 6 heteroatoms. The number of halogens is 2. The number of piperidine rings is 1. The van der Waals surface area contributed by atoms with Gasteiger partial charge in [-0.3, -0.25) is 4.79 Å². The van der Waals surface area contributed by atoms with Gasteiger partial charge in [-0.25, -0.2) is 0 Å². The molecule has 0 aromatic carbocycles. The molecule has 1 saturated heterocycles. The minimum Gasteiger partial charge on any atom is -0.347 e. The van der Waals surface area contributed by atoms with Gasteiger partial charge in [0.05, 0.1) is 5.02 Å². The van der Waals surface area contributed by atoms with E-state index in [0.717, 1.165) is 25.9 Å². The summed E-state index contributed by atoms with van der Waals surface area (Å²) in [7, 11) is 1.82. The summed E-state index contributed by atoms with van der Waals surface area (Å²) in [5, 5.41) is 6.86. The van der Waals surface area contributed by atoms with Crippen molar-refractivity contribution in [3.8, 4) is 0 Å². The lowest BCUT2D eigenvalue weighted by molar-refractivity contribution is 0.0922. The fraction of sp³-hybridized carbons (Fsp3) is 0.545. The summed E-state index contributed by atoms with van der Waals surface area (Å²) in [6, 6.07) is 1.92. The molecule has 1 aromatic rings. The largest absolute Gasteiger partial charge is 0.347 e. The molecular weight excluding hydrogens is 261 g/mol. The fourth-order valence-corrected chi connectivity index (χ4v) is 2.23. The van der Waals surface area contributed by atoms with Crippen LogP contribution in [-0.2, 0) is 7.05 Å². The van der Waals surface area contributed by atoms with Gasteiger partial charge in [0, 0.05) is 25.8 Å². The van der Waals surface area contributed by atoms with Crippen molar-refractivity contribution in [1.29, 1.82) is 0 Å². The number of carbonyl (C=O) groups excluding carboxylic acids is 1. The Bertz CT molecular complexity index is 386. The molecule has 1 aliphatic heterocycles. The second-order valence-electron chi connectivity index (χ2n) is 4.17. The Labute approximate surface area is 112 Å². The van der Waals surface area contributed by atoms with Gasteiger partial charge in [-0.05, 0) is 25.5 Å². The van der Waals surface area contributed by atoms with Crippen molar-refractivity contribution < 1.29 is 4.79 Å². The summed E-state index contributed by atoms with van der Waals surface area (Å²) < 4.78 is 1.74. The van der Waals surface area contributed by atoms with E-state index in [0.29, 0.717) is 10.7 Å². The highest BCUT2D eigenvalue weighted by Crippen LogP contribution is 2.13. The van der Waals surface area contributed by atoms with Gasteiger partial charge in [0.25, 0.3) is 5.91 Å². The van der Waals surface area contributed by atoms with E-state index >= 15 is 0 Å². The molecule has 96 valence electrons. The number of nitrogens with one attached hydrogen (secondary N) is 2. The van der Waals surface area contributed by atoms with E-state index in [1.807, 2.05) is 7.05 Å². The molecule has 2 rings (SSSR count). The van der Waals surface area contributed by atoms with Gasteiger partial charge in [-0.15, -0.1) is 12.4 Å². The number of rotatable bonds is 2. The summed E-state index contributed by atoms with van der Waals surface area (Å²) >= 11 is 5.84. The molecule has 17 heavy (non-hydrogen) atoms. The first-order chi connectivity index (χ1) is 7.66. The molecule has 2 heterocycles. The quantitative estimate of drug-likeness (QED) is 0.862. The number of aromatic nitrogens is 1. The van der Waals surface area contributed by atoms with Gasteiger partial charge in [0.1, 0.15) is 5.69 Å². The number of nitrogens with zero attached hydrogens (tertiary/aromatic N) is 1. The first kappa shape index (κ1) is 14.4. The van der Waals surface area contributed by atoms with Crippen molar-refractivity contribution in [2.75, 3.05) is 13.1 Å². The van der Waals surface area contributed by atoms with Crippen molar-refractivity contribution in [2.45, 2.75) is 18.9 Å². The van der Waals surface area contributed by atoms with Crippen molar-refractivity contribution in [2.24, 2.45) is 7.05 Å². The number of hydrogen-bond acceptors (Lipinski definition) is 2. The van der Waals surface area contributed by atoms with Crippen molar-refractivity contribution in [3.05, 3.63) is 23.0 Å². The third-order valence-corrected chi connectivity index (χ3v) is 3.04.